The Morgan fingerprint density at radius 2 is 2.50 bits per heavy atom. The average molecular weight is 157 g/mol. The predicted molar refractivity (Wildman–Crippen MR) is 47.2 cm³/mol. The van der Waals surface area contributed by atoms with Crippen LogP contribution in [0.15, 0.2) is 33.9 Å². The van der Waals surface area contributed by atoms with Crippen molar-refractivity contribution in [2.24, 2.45) is 9.98 Å². The molecule has 2 aliphatic rings. The number of hydrogen-bond acceptors (Lipinski definition) is 3. The van der Waals surface area contributed by atoms with Gasteiger partial charge in [-0.1, -0.05) is 0 Å². The fourth-order valence-corrected chi connectivity index (χ4v) is 1.26. The molecule has 58 valence electrons. The van der Waals surface area contributed by atoms with Crippen molar-refractivity contribution in [1.82, 2.24) is 0 Å². The Balaban J connectivity index is 2.25. The van der Waals surface area contributed by atoms with E-state index in [2.05, 4.69) is 16.1 Å². The smallest absolute Gasteiger partial charge is 0.112 e. The van der Waals surface area contributed by atoms with E-state index in [4.69, 9.17) is 5.26 Å². The SMILES string of the molecule is N#CCC1=C[C@@H]2N=CC=CC2=N1. The van der Waals surface area contributed by atoms with Gasteiger partial charge in [0.2, 0.25) is 0 Å². The number of aliphatic imine (C=N–C) groups is 2. The van der Waals surface area contributed by atoms with Crippen LogP contribution < -0.4 is 0 Å². The van der Waals surface area contributed by atoms with Gasteiger partial charge in [0.05, 0.1) is 23.9 Å². The molecule has 0 saturated heterocycles. The van der Waals surface area contributed by atoms with Crippen LogP contribution >= 0.6 is 0 Å². The summed E-state index contributed by atoms with van der Waals surface area (Å²) >= 11 is 0. The van der Waals surface area contributed by atoms with Gasteiger partial charge in [-0.05, 0) is 18.2 Å². The summed E-state index contributed by atoms with van der Waals surface area (Å²) in [7, 11) is 0. The zero-order valence-electron chi connectivity index (χ0n) is 6.44. The summed E-state index contributed by atoms with van der Waals surface area (Å²) in [6, 6.07) is 2.14. The second-order valence-electron chi connectivity index (χ2n) is 2.63. The Bertz CT molecular complexity index is 352. The molecule has 0 aromatic rings. The summed E-state index contributed by atoms with van der Waals surface area (Å²) in [6.45, 7) is 0. The van der Waals surface area contributed by atoms with Gasteiger partial charge < -0.3 is 0 Å². The van der Waals surface area contributed by atoms with Crippen LogP contribution in [0.1, 0.15) is 6.42 Å². The van der Waals surface area contributed by atoms with E-state index in [9.17, 15) is 0 Å². The highest BCUT2D eigenvalue weighted by atomic mass is 14.9. The molecule has 0 unspecified atom stereocenters. The molecule has 0 bridgehead atoms. The molecule has 0 aliphatic carbocycles. The molecule has 2 aliphatic heterocycles. The maximum absolute atomic E-state index is 8.44. The van der Waals surface area contributed by atoms with Crippen LogP contribution in [0.25, 0.3) is 0 Å². The van der Waals surface area contributed by atoms with Crippen molar-refractivity contribution in [3.63, 3.8) is 0 Å². The van der Waals surface area contributed by atoms with Crippen LogP contribution in [-0.2, 0) is 0 Å². The summed E-state index contributed by atoms with van der Waals surface area (Å²) in [5.74, 6) is 0. The van der Waals surface area contributed by atoms with Crippen molar-refractivity contribution in [3.8, 4) is 6.07 Å². The van der Waals surface area contributed by atoms with E-state index in [1.807, 2.05) is 18.2 Å². The van der Waals surface area contributed by atoms with E-state index in [1.165, 1.54) is 0 Å². The van der Waals surface area contributed by atoms with Crippen molar-refractivity contribution >= 4 is 11.9 Å². The molecule has 0 aromatic heterocycles. The van der Waals surface area contributed by atoms with Gasteiger partial charge >= 0.3 is 0 Å². The number of hydrogen-bond donors (Lipinski definition) is 0. The third kappa shape index (κ3) is 1.08. The molecule has 0 spiro atoms. The predicted octanol–water partition coefficient (Wildman–Crippen LogP) is 1.25. The molecule has 1 atom stereocenters. The third-order valence-corrected chi connectivity index (χ3v) is 1.79. The molecule has 2 heterocycles. The molecule has 0 aromatic carbocycles. The van der Waals surface area contributed by atoms with Crippen molar-refractivity contribution in [3.05, 3.63) is 23.9 Å². The monoisotopic (exact) mass is 157 g/mol. The third-order valence-electron chi connectivity index (χ3n) is 1.79. The van der Waals surface area contributed by atoms with Crippen LogP contribution in [0.3, 0.4) is 0 Å². The number of rotatable bonds is 1. The molecule has 0 saturated carbocycles. The summed E-state index contributed by atoms with van der Waals surface area (Å²) in [5, 5.41) is 8.44. The van der Waals surface area contributed by atoms with Crippen molar-refractivity contribution in [2.45, 2.75) is 12.5 Å². The van der Waals surface area contributed by atoms with Gasteiger partial charge in [0.15, 0.2) is 0 Å². The maximum Gasteiger partial charge on any atom is 0.112 e. The van der Waals surface area contributed by atoms with Gasteiger partial charge in [0.25, 0.3) is 0 Å². The molecule has 12 heavy (non-hydrogen) atoms. The van der Waals surface area contributed by atoms with Gasteiger partial charge in [0, 0.05) is 6.21 Å². The molecule has 0 radical (unpaired) electrons. The highest BCUT2D eigenvalue weighted by Gasteiger charge is 2.18. The highest BCUT2D eigenvalue weighted by Crippen LogP contribution is 2.18. The fourth-order valence-electron chi connectivity index (χ4n) is 1.26. The number of allylic oxidation sites excluding steroid dienone is 2. The minimum Gasteiger partial charge on any atom is -0.279 e. The summed E-state index contributed by atoms with van der Waals surface area (Å²) in [4.78, 5) is 8.45. The number of nitrogens with zero attached hydrogens (tertiary/aromatic N) is 3. The van der Waals surface area contributed by atoms with E-state index < -0.39 is 0 Å². The van der Waals surface area contributed by atoms with E-state index in [-0.39, 0.29) is 6.04 Å². The van der Waals surface area contributed by atoms with Gasteiger partial charge in [-0.2, -0.15) is 5.26 Å². The van der Waals surface area contributed by atoms with Gasteiger partial charge in [-0.3, -0.25) is 9.98 Å². The van der Waals surface area contributed by atoms with Crippen LogP contribution in [0.5, 0.6) is 0 Å². The van der Waals surface area contributed by atoms with Crippen LogP contribution in [0.2, 0.25) is 0 Å². The number of fused-ring (bicyclic) bond motifs is 1. The number of dihydropyridines is 1. The first-order valence-corrected chi connectivity index (χ1v) is 3.76. The Labute approximate surface area is 70.5 Å². The molecular formula is C9H7N3. The largest absolute Gasteiger partial charge is 0.279 e. The minimum absolute atomic E-state index is 0.0679. The van der Waals surface area contributed by atoms with Gasteiger partial charge in [-0.15, -0.1) is 0 Å². The standard InChI is InChI=1S/C9H7N3/c10-4-3-7-6-9-8(12-7)2-1-5-11-9/h1-2,5-6,9H,3H2/t9-/m0/s1. The van der Waals surface area contributed by atoms with Crippen molar-refractivity contribution in [2.75, 3.05) is 0 Å². The summed E-state index contributed by atoms with van der Waals surface area (Å²) < 4.78 is 0. The zero-order valence-corrected chi connectivity index (χ0v) is 6.44. The van der Waals surface area contributed by atoms with Crippen LogP contribution in [-0.4, -0.2) is 18.0 Å². The van der Waals surface area contributed by atoms with Crippen molar-refractivity contribution < 1.29 is 0 Å². The Morgan fingerprint density at radius 1 is 1.58 bits per heavy atom. The molecule has 0 fully saturated rings. The first-order valence-electron chi connectivity index (χ1n) is 3.76. The van der Waals surface area contributed by atoms with E-state index in [1.54, 1.807) is 6.21 Å². The first-order chi connectivity index (χ1) is 5.90. The molecule has 3 heteroatoms. The Hall–Kier alpha value is -1.69. The quantitative estimate of drug-likeness (QED) is 0.565. The molecule has 2 rings (SSSR count). The Kier molecular flexibility index (Phi) is 1.60. The van der Waals surface area contributed by atoms with E-state index in [0.717, 1.165) is 11.4 Å². The van der Waals surface area contributed by atoms with Crippen molar-refractivity contribution in [1.29, 1.82) is 5.26 Å². The van der Waals surface area contributed by atoms with Gasteiger partial charge in [-0.25, -0.2) is 0 Å². The normalized spacial score (nSPS) is 24.4. The molecule has 3 nitrogen and oxygen atoms in total. The average Bonchev–Trinajstić information content (AvgIpc) is 2.47. The summed E-state index contributed by atoms with van der Waals surface area (Å²) in [6.07, 6.45) is 7.86. The molecular weight excluding hydrogens is 150 g/mol. The number of nitriles is 1. The van der Waals surface area contributed by atoms with Crippen LogP contribution in [0, 0.1) is 11.3 Å². The lowest BCUT2D eigenvalue weighted by Gasteiger charge is -2.03. The minimum atomic E-state index is 0.0679. The molecule has 0 N–H and O–H groups in total. The fraction of sp³-hybridized carbons (Fsp3) is 0.222. The lowest BCUT2D eigenvalue weighted by molar-refractivity contribution is 1.10. The zero-order chi connectivity index (χ0) is 8.39. The van der Waals surface area contributed by atoms with E-state index >= 15 is 0 Å². The van der Waals surface area contributed by atoms with Crippen LogP contribution in [0.4, 0.5) is 0 Å². The lowest BCUT2D eigenvalue weighted by Crippen LogP contribution is -2.12. The highest BCUT2D eigenvalue weighted by molar-refractivity contribution is 6.07. The second kappa shape index (κ2) is 2.74. The van der Waals surface area contributed by atoms with Gasteiger partial charge in [0.1, 0.15) is 6.04 Å². The second-order valence-corrected chi connectivity index (χ2v) is 2.63. The molecule has 0 amide bonds. The summed E-state index contributed by atoms with van der Waals surface area (Å²) in [5.41, 5.74) is 1.78. The maximum atomic E-state index is 8.44. The Morgan fingerprint density at radius 3 is 3.25 bits per heavy atom. The first kappa shape index (κ1) is 6.99. The van der Waals surface area contributed by atoms with E-state index in [0.29, 0.717) is 6.42 Å². The topological polar surface area (TPSA) is 48.5 Å². The lowest BCUT2D eigenvalue weighted by atomic mass is 10.1.